The lowest BCUT2D eigenvalue weighted by Gasteiger charge is -2.22. The summed E-state index contributed by atoms with van der Waals surface area (Å²) in [5.41, 5.74) is 0. The van der Waals surface area contributed by atoms with Crippen molar-refractivity contribution in [1.82, 2.24) is 0 Å². The molecule has 0 heterocycles. The first-order chi connectivity index (χ1) is 10.3. The summed E-state index contributed by atoms with van der Waals surface area (Å²) >= 11 is 4.46. The molecule has 0 nitrogen and oxygen atoms in total. The predicted molar refractivity (Wildman–Crippen MR) is 102 cm³/mol. The van der Waals surface area contributed by atoms with Gasteiger partial charge in [-0.15, -0.1) is 0 Å². The van der Waals surface area contributed by atoms with Crippen molar-refractivity contribution in [2.75, 3.05) is 17.3 Å². The van der Waals surface area contributed by atoms with Crippen molar-refractivity contribution in [3.8, 4) is 0 Å². The molecule has 21 heavy (non-hydrogen) atoms. The van der Waals surface area contributed by atoms with Gasteiger partial charge in [-0.05, 0) is 36.2 Å². The maximum absolute atomic E-state index is 2.44. The Morgan fingerprint density at radius 2 is 1.29 bits per heavy atom. The minimum absolute atomic E-state index is 0.866. The van der Waals surface area contributed by atoms with Gasteiger partial charge in [-0.2, -0.15) is 23.5 Å². The molecule has 2 heteroatoms. The van der Waals surface area contributed by atoms with Crippen LogP contribution in [0.15, 0.2) is 0 Å². The Hall–Kier alpha value is 0.700. The summed E-state index contributed by atoms with van der Waals surface area (Å²) in [6, 6.07) is 0. The summed E-state index contributed by atoms with van der Waals surface area (Å²) < 4.78 is 0. The number of rotatable bonds is 9. The average Bonchev–Trinajstić information content (AvgIpc) is 2.54. The highest BCUT2D eigenvalue weighted by Crippen LogP contribution is 2.30. The van der Waals surface area contributed by atoms with Crippen LogP contribution in [0.2, 0.25) is 0 Å². The van der Waals surface area contributed by atoms with Crippen LogP contribution in [0, 0.1) is 11.8 Å². The third-order valence-corrected chi connectivity index (χ3v) is 8.08. The van der Waals surface area contributed by atoms with Crippen LogP contribution in [-0.2, 0) is 0 Å². The fraction of sp³-hybridized carbons (Fsp3) is 1.00. The van der Waals surface area contributed by atoms with Crippen molar-refractivity contribution >= 4 is 23.5 Å². The second kappa shape index (κ2) is 11.3. The monoisotopic (exact) mass is 328 g/mol. The summed E-state index contributed by atoms with van der Waals surface area (Å²) in [6.07, 6.45) is 18.1. The van der Waals surface area contributed by atoms with Gasteiger partial charge in [0.05, 0.1) is 0 Å². The Morgan fingerprint density at radius 3 is 1.86 bits per heavy atom. The zero-order valence-electron chi connectivity index (χ0n) is 14.2. The molecule has 0 amide bonds. The third-order valence-electron chi connectivity index (χ3n) is 5.40. The Bertz CT molecular complexity index is 242. The molecular weight excluding hydrogens is 292 g/mol. The molecule has 0 bridgehead atoms. The maximum Gasteiger partial charge on any atom is 0.0109 e. The summed E-state index contributed by atoms with van der Waals surface area (Å²) in [6.45, 7) is 2.44. The fourth-order valence-corrected chi connectivity index (χ4v) is 6.48. The molecule has 0 aromatic heterocycles. The van der Waals surface area contributed by atoms with Gasteiger partial charge in [-0.3, -0.25) is 0 Å². The summed E-state index contributed by atoms with van der Waals surface area (Å²) in [7, 11) is 0. The van der Waals surface area contributed by atoms with Gasteiger partial charge in [0.25, 0.3) is 0 Å². The first-order valence-electron chi connectivity index (χ1n) is 9.54. The van der Waals surface area contributed by atoms with Crippen molar-refractivity contribution in [3.63, 3.8) is 0 Å². The minimum atomic E-state index is 0.866. The largest absolute Gasteiger partial charge is 0.161 e. The van der Waals surface area contributed by atoms with E-state index in [1.165, 1.54) is 94.3 Å². The van der Waals surface area contributed by atoms with Crippen molar-refractivity contribution < 1.29 is 0 Å². The third kappa shape index (κ3) is 8.21. The zero-order valence-corrected chi connectivity index (χ0v) is 15.8. The van der Waals surface area contributed by atoms with Crippen LogP contribution >= 0.6 is 23.5 Å². The van der Waals surface area contributed by atoms with Gasteiger partial charge in [-0.1, -0.05) is 71.1 Å². The first-order valence-corrected chi connectivity index (χ1v) is 11.7. The van der Waals surface area contributed by atoms with Crippen molar-refractivity contribution in [1.29, 1.82) is 0 Å². The van der Waals surface area contributed by atoms with Crippen molar-refractivity contribution in [3.05, 3.63) is 0 Å². The molecule has 1 atom stereocenters. The lowest BCUT2D eigenvalue weighted by atomic mass is 9.88. The van der Waals surface area contributed by atoms with E-state index in [9.17, 15) is 0 Å². The van der Waals surface area contributed by atoms with E-state index < -0.39 is 0 Å². The standard InChI is InChI=1S/C19H36S2/c1-17(21-15-13-19-10-6-3-7-11-19)16-20-14-12-18-8-4-2-5-9-18/h17-19H,2-16H2,1H3. The zero-order chi connectivity index (χ0) is 14.8. The molecule has 124 valence electrons. The van der Waals surface area contributed by atoms with Crippen molar-refractivity contribution in [2.24, 2.45) is 11.8 Å². The van der Waals surface area contributed by atoms with Crippen LogP contribution in [0.1, 0.15) is 84.0 Å². The van der Waals surface area contributed by atoms with Gasteiger partial charge in [0.15, 0.2) is 0 Å². The molecule has 0 aromatic carbocycles. The summed E-state index contributed by atoms with van der Waals surface area (Å²) in [4.78, 5) is 0. The molecule has 0 aliphatic heterocycles. The highest BCUT2D eigenvalue weighted by atomic mass is 32.2. The van der Waals surface area contributed by atoms with E-state index in [0.717, 1.165) is 17.1 Å². The second-order valence-corrected chi connectivity index (χ2v) is 10.0. The summed E-state index contributed by atoms with van der Waals surface area (Å²) in [5.74, 6) is 6.34. The molecular formula is C19H36S2. The molecule has 2 saturated carbocycles. The van der Waals surface area contributed by atoms with Crippen molar-refractivity contribution in [2.45, 2.75) is 89.2 Å². The van der Waals surface area contributed by atoms with Gasteiger partial charge < -0.3 is 0 Å². The Morgan fingerprint density at radius 1 is 0.762 bits per heavy atom. The second-order valence-electron chi connectivity index (χ2n) is 7.34. The highest BCUT2D eigenvalue weighted by Gasteiger charge is 2.15. The van der Waals surface area contributed by atoms with E-state index in [-0.39, 0.29) is 0 Å². The van der Waals surface area contributed by atoms with Crippen LogP contribution in [0.25, 0.3) is 0 Å². The molecule has 2 aliphatic rings. The maximum atomic E-state index is 2.44. The van der Waals surface area contributed by atoms with Crippen LogP contribution in [-0.4, -0.2) is 22.5 Å². The summed E-state index contributed by atoms with van der Waals surface area (Å²) in [5, 5.41) is 0.866. The first kappa shape index (κ1) is 18.0. The van der Waals surface area contributed by atoms with E-state index in [0.29, 0.717) is 0 Å². The minimum Gasteiger partial charge on any atom is -0.161 e. The molecule has 0 saturated heterocycles. The van der Waals surface area contributed by atoms with Gasteiger partial charge in [0, 0.05) is 11.0 Å². The van der Waals surface area contributed by atoms with Crippen LogP contribution < -0.4 is 0 Å². The highest BCUT2D eigenvalue weighted by molar-refractivity contribution is 8.03. The van der Waals surface area contributed by atoms with Crippen LogP contribution in [0.4, 0.5) is 0 Å². The topological polar surface area (TPSA) is 0 Å². The molecule has 0 aromatic rings. The van der Waals surface area contributed by atoms with Gasteiger partial charge in [0.2, 0.25) is 0 Å². The molecule has 0 spiro atoms. The molecule has 2 rings (SSSR count). The van der Waals surface area contributed by atoms with E-state index >= 15 is 0 Å². The van der Waals surface area contributed by atoms with Crippen LogP contribution in [0.3, 0.4) is 0 Å². The van der Waals surface area contributed by atoms with Gasteiger partial charge >= 0.3 is 0 Å². The Kier molecular flexibility index (Phi) is 9.68. The predicted octanol–water partition coefficient (Wildman–Crippen LogP) is 6.78. The number of hydrogen-bond acceptors (Lipinski definition) is 2. The molecule has 2 fully saturated rings. The van der Waals surface area contributed by atoms with E-state index in [1.54, 1.807) is 0 Å². The Labute approximate surface area is 142 Å². The molecule has 0 N–H and O–H groups in total. The number of thioether (sulfide) groups is 2. The number of hydrogen-bond donors (Lipinski definition) is 0. The molecule has 0 radical (unpaired) electrons. The van der Waals surface area contributed by atoms with Gasteiger partial charge in [-0.25, -0.2) is 0 Å². The average molecular weight is 329 g/mol. The molecule has 1 unspecified atom stereocenters. The van der Waals surface area contributed by atoms with E-state index in [4.69, 9.17) is 0 Å². The lowest BCUT2D eigenvalue weighted by molar-refractivity contribution is 0.351. The smallest absolute Gasteiger partial charge is 0.0109 e. The normalized spacial score (nSPS) is 23.3. The fourth-order valence-electron chi connectivity index (χ4n) is 3.93. The van der Waals surface area contributed by atoms with E-state index in [2.05, 4.69) is 30.4 Å². The lowest BCUT2D eigenvalue weighted by Crippen LogP contribution is -2.10. The Balaban J connectivity index is 1.41. The quantitative estimate of drug-likeness (QED) is 0.428. The van der Waals surface area contributed by atoms with Gasteiger partial charge in [0.1, 0.15) is 0 Å². The van der Waals surface area contributed by atoms with Crippen LogP contribution in [0.5, 0.6) is 0 Å². The molecule has 2 aliphatic carbocycles. The SMILES string of the molecule is CC(CSCCC1CCCCC1)SCCC1CCCCC1. The van der Waals surface area contributed by atoms with E-state index in [1.807, 2.05) is 0 Å².